The van der Waals surface area contributed by atoms with E-state index in [1.54, 1.807) is 18.2 Å². The van der Waals surface area contributed by atoms with Gasteiger partial charge in [0.05, 0.1) is 24.6 Å². The highest BCUT2D eigenvalue weighted by molar-refractivity contribution is 5.93. The Hall–Kier alpha value is -3.32. The van der Waals surface area contributed by atoms with Gasteiger partial charge in [0.15, 0.2) is 5.69 Å². The third kappa shape index (κ3) is 3.24. The summed E-state index contributed by atoms with van der Waals surface area (Å²) in [7, 11) is 0. The first-order chi connectivity index (χ1) is 13.1. The molecule has 27 heavy (non-hydrogen) atoms. The van der Waals surface area contributed by atoms with Gasteiger partial charge in [-0.3, -0.25) is 9.55 Å². The van der Waals surface area contributed by atoms with E-state index >= 15 is 0 Å². The van der Waals surface area contributed by atoms with Crippen molar-refractivity contribution < 1.29 is 14.6 Å². The lowest BCUT2D eigenvalue weighted by molar-refractivity contribution is 0.0692. The van der Waals surface area contributed by atoms with Gasteiger partial charge in [0, 0.05) is 24.3 Å². The summed E-state index contributed by atoms with van der Waals surface area (Å²) in [6.07, 6.45) is 0. The zero-order chi connectivity index (χ0) is 18.8. The number of aromatic amines is 1. The maximum Gasteiger partial charge on any atom is 0.354 e. The highest BCUT2D eigenvalue weighted by Gasteiger charge is 2.22. The number of aromatic nitrogens is 2. The van der Waals surface area contributed by atoms with Crippen LogP contribution in [0.5, 0.6) is 0 Å². The smallest absolute Gasteiger partial charge is 0.354 e. The van der Waals surface area contributed by atoms with E-state index < -0.39 is 11.7 Å². The zero-order valence-corrected chi connectivity index (χ0v) is 14.6. The van der Waals surface area contributed by atoms with Crippen molar-refractivity contribution in [2.24, 2.45) is 0 Å². The zero-order valence-electron chi connectivity index (χ0n) is 14.6. The third-order valence-electron chi connectivity index (χ3n) is 4.62. The van der Waals surface area contributed by atoms with Crippen LogP contribution in [0.4, 0.5) is 5.69 Å². The molecule has 2 N–H and O–H groups in total. The van der Waals surface area contributed by atoms with Crippen molar-refractivity contribution in [2.45, 2.75) is 0 Å². The molecule has 0 atom stereocenters. The minimum absolute atomic E-state index is 0.122. The molecule has 0 spiro atoms. The molecule has 2 aromatic carbocycles. The molecule has 138 valence electrons. The van der Waals surface area contributed by atoms with Crippen LogP contribution < -0.4 is 10.6 Å². The van der Waals surface area contributed by atoms with Gasteiger partial charge in [0.2, 0.25) is 0 Å². The van der Waals surface area contributed by atoms with Crippen LogP contribution in [0.25, 0.3) is 16.9 Å². The Labute approximate surface area is 155 Å². The van der Waals surface area contributed by atoms with Crippen LogP contribution in [0.1, 0.15) is 10.5 Å². The molecule has 4 rings (SSSR count). The summed E-state index contributed by atoms with van der Waals surface area (Å²) in [6.45, 7) is 2.87. The molecule has 0 radical (unpaired) electrons. The molecule has 7 nitrogen and oxygen atoms in total. The Balaban J connectivity index is 1.87. The van der Waals surface area contributed by atoms with Crippen LogP contribution in [-0.4, -0.2) is 46.9 Å². The molecule has 1 aliphatic heterocycles. The van der Waals surface area contributed by atoms with Gasteiger partial charge >= 0.3 is 11.7 Å². The van der Waals surface area contributed by atoms with E-state index in [0.29, 0.717) is 30.2 Å². The topological polar surface area (TPSA) is 87.6 Å². The number of carbonyl (C=O) groups is 1. The number of H-pyrrole nitrogens is 1. The molecule has 1 fully saturated rings. The lowest BCUT2D eigenvalue weighted by Gasteiger charge is -2.29. The Morgan fingerprint density at radius 2 is 1.70 bits per heavy atom. The first kappa shape index (κ1) is 17.1. The Bertz CT molecular complexity index is 1020. The van der Waals surface area contributed by atoms with E-state index in [9.17, 15) is 14.7 Å². The van der Waals surface area contributed by atoms with Crippen LogP contribution in [0.3, 0.4) is 0 Å². The number of morpholine rings is 1. The number of nitrogens with zero attached hydrogens (tertiary/aromatic N) is 2. The van der Waals surface area contributed by atoms with Gasteiger partial charge in [0.25, 0.3) is 0 Å². The highest BCUT2D eigenvalue weighted by Crippen LogP contribution is 2.27. The largest absolute Gasteiger partial charge is 0.477 e. The molecular weight excluding hydrogens is 346 g/mol. The number of benzene rings is 2. The van der Waals surface area contributed by atoms with E-state index in [1.807, 2.05) is 36.4 Å². The summed E-state index contributed by atoms with van der Waals surface area (Å²) in [5, 5.41) is 9.56. The minimum atomic E-state index is -1.17. The molecule has 0 saturated carbocycles. The van der Waals surface area contributed by atoms with E-state index in [1.165, 1.54) is 4.57 Å². The molecule has 1 saturated heterocycles. The molecule has 3 aromatic rings. The number of hydrogen-bond donors (Lipinski definition) is 2. The number of rotatable bonds is 4. The van der Waals surface area contributed by atoms with Gasteiger partial charge in [-0.1, -0.05) is 36.4 Å². The normalized spacial score (nSPS) is 14.3. The van der Waals surface area contributed by atoms with Crippen molar-refractivity contribution in [3.8, 4) is 16.9 Å². The average Bonchev–Trinajstić information content (AvgIpc) is 3.07. The first-order valence-corrected chi connectivity index (χ1v) is 8.72. The number of carboxylic acid groups (broad SMARTS) is 1. The fraction of sp³-hybridized carbons (Fsp3) is 0.200. The van der Waals surface area contributed by atoms with Crippen LogP contribution in [0.2, 0.25) is 0 Å². The van der Waals surface area contributed by atoms with Crippen molar-refractivity contribution in [1.82, 2.24) is 9.55 Å². The lowest BCUT2D eigenvalue weighted by atomic mass is 10.1. The van der Waals surface area contributed by atoms with Crippen molar-refractivity contribution in [2.75, 3.05) is 31.2 Å². The van der Waals surface area contributed by atoms with Crippen LogP contribution in [0.15, 0.2) is 59.4 Å². The van der Waals surface area contributed by atoms with E-state index in [2.05, 4.69) is 9.88 Å². The fourth-order valence-corrected chi connectivity index (χ4v) is 3.36. The Kier molecular flexibility index (Phi) is 4.52. The van der Waals surface area contributed by atoms with Gasteiger partial charge < -0.3 is 14.7 Å². The van der Waals surface area contributed by atoms with Crippen molar-refractivity contribution in [1.29, 1.82) is 0 Å². The molecule has 0 aliphatic carbocycles. The number of imidazole rings is 1. The monoisotopic (exact) mass is 365 g/mol. The highest BCUT2D eigenvalue weighted by atomic mass is 16.5. The van der Waals surface area contributed by atoms with Crippen LogP contribution in [0, 0.1) is 0 Å². The second kappa shape index (κ2) is 7.13. The summed E-state index contributed by atoms with van der Waals surface area (Å²) < 4.78 is 6.81. The van der Waals surface area contributed by atoms with E-state index in [4.69, 9.17) is 4.74 Å². The lowest BCUT2D eigenvalue weighted by Crippen LogP contribution is -2.36. The second-order valence-electron chi connectivity index (χ2n) is 6.28. The maximum absolute atomic E-state index is 12.6. The predicted molar refractivity (Wildman–Crippen MR) is 102 cm³/mol. The van der Waals surface area contributed by atoms with E-state index in [0.717, 1.165) is 18.8 Å². The summed E-state index contributed by atoms with van der Waals surface area (Å²) in [4.78, 5) is 29.0. The van der Waals surface area contributed by atoms with E-state index in [-0.39, 0.29) is 5.69 Å². The van der Waals surface area contributed by atoms with Crippen LogP contribution >= 0.6 is 0 Å². The quantitative estimate of drug-likeness (QED) is 0.741. The van der Waals surface area contributed by atoms with Gasteiger partial charge in [0.1, 0.15) is 0 Å². The fourth-order valence-electron chi connectivity index (χ4n) is 3.36. The number of ether oxygens (including phenoxy) is 1. The summed E-state index contributed by atoms with van der Waals surface area (Å²) >= 11 is 0. The van der Waals surface area contributed by atoms with Crippen LogP contribution in [-0.2, 0) is 4.74 Å². The number of aromatic carboxylic acids is 1. The molecule has 1 aromatic heterocycles. The number of nitrogens with one attached hydrogen (secondary N) is 1. The first-order valence-electron chi connectivity index (χ1n) is 8.72. The molecular formula is C20H19N3O4. The third-order valence-corrected chi connectivity index (χ3v) is 4.62. The standard InChI is InChI=1S/C20H19N3O4/c24-19(25)17-18(14-5-2-1-3-6-14)23(20(26)21-17)16-8-4-7-15(13-16)22-9-11-27-12-10-22/h1-8,13H,9-12H2,(H,21,26)(H,24,25). The predicted octanol–water partition coefficient (Wildman–Crippen LogP) is 2.37. The molecule has 0 unspecified atom stereocenters. The second-order valence-corrected chi connectivity index (χ2v) is 6.28. The van der Waals surface area contributed by atoms with Gasteiger partial charge in [-0.15, -0.1) is 0 Å². The van der Waals surface area contributed by atoms with Crippen molar-refractivity contribution >= 4 is 11.7 Å². The molecule has 1 aliphatic rings. The van der Waals surface area contributed by atoms with Gasteiger partial charge in [-0.25, -0.2) is 9.59 Å². The Morgan fingerprint density at radius 1 is 1.00 bits per heavy atom. The maximum atomic E-state index is 12.6. The average molecular weight is 365 g/mol. The summed E-state index contributed by atoms with van der Waals surface area (Å²) in [5.74, 6) is -1.17. The van der Waals surface area contributed by atoms with Gasteiger partial charge in [-0.05, 0) is 18.2 Å². The molecule has 0 amide bonds. The number of hydrogen-bond acceptors (Lipinski definition) is 4. The van der Waals surface area contributed by atoms with Gasteiger partial charge in [-0.2, -0.15) is 0 Å². The number of anilines is 1. The summed E-state index contributed by atoms with van der Waals surface area (Å²) in [5.41, 5.74) is 1.98. The summed E-state index contributed by atoms with van der Waals surface area (Å²) in [6, 6.07) is 16.6. The molecule has 2 heterocycles. The van der Waals surface area contributed by atoms with Crippen molar-refractivity contribution in [3.63, 3.8) is 0 Å². The SMILES string of the molecule is O=C(O)c1[nH]c(=O)n(-c2cccc(N3CCOCC3)c2)c1-c1ccccc1. The molecule has 7 heteroatoms. The molecule has 0 bridgehead atoms. The number of carboxylic acids is 1. The minimum Gasteiger partial charge on any atom is -0.477 e. The Morgan fingerprint density at radius 3 is 2.41 bits per heavy atom. The van der Waals surface area contributed by atoms with Crippen molar-refractivity contribution in [3.05, 3.63) is 70.8 Å².